The lowest BCUT2D eigenvalue weighted by molar-refractivity contribution is -0.301. The zero-order valence-corrected chi connectivity index (χ0v) is 44.3. The van der Waals surface area contributed by atoms with Crippen molar-refractivity contribution < 1.29 is 58.2 Å². The maximum Gasteiger partial charge on any atom is 0.335 e. The predicted octanol–water partition coefficient (Wildman–Crippen LogP) is 14.1. The molecule has 404 valence electrons. The highest BCUT2D eigenvalue weighted by molar-refractivity contribution is 5.74. The monoisotopic (exact) mass is 981 g/mol. The van der Waals surface area contributed by atoms with Gasteiger partial charge < -0.3 is 39.0 Å². The Morgan fingerprint density at radius 3 is 1.28 bits per heavy atom. The van der Waals surface area contributed by atoms with E-state index in [4.69, 9.17) is 23.7 Å². The molecule has 1 heterocycles. The van der Waals surface area contributed by atoms with E-state index in [1.165, 1.54) is 141 Å². The van der Waals surface area contributed by atoms with Crippen molar-refractivity contribution in [2.24, 2.45) is 0 Å². The first-order valence-corrected chi connectivity index (χ1v) is 28.7. The summed E-state index contributed by atoms with van der Waals surface area (Å²) in [6, 6.07) is 0. The number of unbranched alkanes of at least 4 members (excludes halogenated alkanes) is 33. The summed E-state index contributed by atoms with van der Waals surface area (Å²) in [5, 5.41) is 31.3. The number of carboxylic acids is 1. The fourth-order valence-corrected chi connectivity index (χ4v) is 8.88. The fourth-order valence-electron chi connectivity index (χ4n) is 8.88. The van der Waals surface area contributed by atoms with Crippen LogP contribution in [0.3, 0.4) is 0 Å². The lowest BCUT2D eigenvalue weighted by Crippen LogP contribution is -2.61. The Labute approximate surface area is 420 Å². The highest BCUT2D eigenvalue weighted by Gasteiger charge is 2.50. The Bertz CT molecular complexity index is 1260. The van der Waals surface area contributed by atoms with Gasteiger partial charge in [-0.05, 0) is 38.5 Å². The van der Waals surface area contributed by atoms with E-state index in [9.17, 15) is 34.5 Å². The Kier molecular flexibility index (Phi) is 43.5. The van der Waals surface area contributed by atoms with Crippen molar-refractivity contribution in [1.29, 1.82) is 0 Å². The molecule has 0 bridgehead atoms. The molecule has 1 rings (SSSR count). The van der Waals surface area contributed by atoms with E-state index in [0.717, 1.165) is 77.0 Å². The van der Waals surface area contributed by atoms with E-state index in [-0.39, 0.29) is 25.9 Å². The number of esters is 3. The summed E-state index contributed by atoms with van der Waals surface area (Å²) in [7, 11) is 0. The SMILES string of the molecule is CCCC/C=C\CCCCCCCC(=O)OC1C(OCC(COC(=O)CCCCCCCCCCCCCCCCCCCCC)OC(=O)CCCCCCCCCCC)OC(C(=O)O)C(O)C1O. The van der Waals surface area contributed by atoms with E-state index in [2.05, 4.69) is 32.9 Å². The van der Waals surface area contributed by atoms with Crippen LogP contribution in [-0.2, 0) is 42.9 Å². The number of hydrogen-bond acceptors (Lipinski definition) is 11. The normalized spacial score (nSPS) is 18.7. The number of carbonyl (C=O) groups is 4. The van der Waals surface area contributed by atoms with Crippen molar-refractivity contribution in [1.82, 2.24) is 0 Å². The van der Waals surface area contributed by atoms with Gasteiger partial charge in [0.1, 0.15) is 18.8 Å². The van der Waals surface area contributed by atoms with E-state index >= 15 is 0 Å². The van der Waals surface area contributed by atoms with Gasteiger partial charge in [0.2, 0.25) is 0 Å². The number of carboxylic acid groups (broad SMARTS) is 1. The molecule has 3 N–H and O–H groups in total. The summed E-state index contributed by atoms with van der Waals surface area (Å²) in [4.78, 5) is 50.8. The summed E-state index contributed by atoms with van der Waals surface area (Å²) in [5.74, 6) is -3.10. The molecular weight excluding hydrogens is 877 g/mol. The molecule has 0 spiro atoms. The summed E-state index contributed by atoms with van der Waals surface area (Å²) < 4.78 is 28.3. The van der Waals surface area contributed by atoms with Gasteiger partial charge in [-0.2, -0.15) is 0 Å². The Morgan fingerprint density at radius 1 is 0.464 bits per heavy atom. The van der Waals surface area contributed by atoms with Crippen molar-refractivity contribution in [2.75, 3.05) is 13.2 Å². The summed E-state index contributed by atoms with van der Waals surface area (Å²) >= 11 is 0. The van der Waals surface area contributed by atoms with Crippen LogP contribution in [0.5, 0.6) is 0 Å². The molecule has 12 heteroatoms. The predicted molar refractivity (Wildman–Crippen MR) is 276 cm³/mol. The average Bonchev–Trinajstić information content (AvgIpc) is 3.33. The zero-order valence-electron chi connectivity index (χ0n) is 44.3. The van der Waals surface area contributed by atoms with Gasteiger partial charge in [-0.3, -0.25) is 14.4 Å². The second kappa shape index (κ2) is 46.5. The highest BCUT2D eigenvalue weighted by atomic mass is 16.7. The third-order valence-electron chi connectivity index (χ3n) is 13.3. The lowest BCUT2D eigenvalue weighted by atomic mass is 9.98. The molecule has 0 aromatic heterocycles. The Balaban J connectivity index is 2.61. The maximum atomic E-state index is 13.0. The van der Waals surface area contributed by atoms with Crippen LogP contribution in [0.1, 0.15) is 278 Å². The minimum Gasteiger partial charge on any atom is -0.479 e. The first-order chi connectivity index (χ1) is 33.6. The average molecular weight is 981 g/mol. The Morgan fingerprint density at radius 2 is 0.841 bits per heavy atom. The van der Waals surface area contributed by atoms with E-state index < -0.39 is 67.3 Å². The molecule has 1 aliphatic heterocycles. The molecule has 69 heavy (non-hydrogen) atoms. The second-order valence-corrected chi connectivity index (χ2v) is 19.9. The number of allylic oxidation sites excluding steroid dienone is 2. The highest BCUT2D eigenvalue weighted by Crippen LogP contribution is 2.26. The van der Waals surface area contributed by atoms with Crippen molar-refractivity contribution in [3.63, 3.8) is 0 Å². The van der Waals surface area contributed by atoms with Crippen LogP contribution in [0.25, 0.3) is 0 Å². The van der Waals surface area contributed by atoms with Gasteiger partial charge in [-0.15, -0.1) is 0 Å². The number of rotatable bonds is 49. The summed E-state index contributed by atoms with van der Waals surface area (Å²) in [6.45, 7) is 5.94. The zero-order chi connectivity index (χ0) is 50.4. The number of aliphatic hydroxyl groups is 2. The van der Waals surface area contributed by atoms with Crippen LogP contribution in [0.4, 0.5) is 0 Å². The molecule has 6 atom stereocenters. The van der Waals surface area contributed by atoms with Crippen LogP contribution in [0.2, 0.25) is 0 Å². The molecule has 0 amide bonds. The lowest BCUT2D eigenvalue weighted by Gasteiger charge is -2.40. The van der Waals surface area contributed by atoms with Gasteiger partial charge in [-0.1, -0.05) is 232 Å². The quantitative estimate of drug-likeness (QED) is 0.0228. The molecule has 0 aliphatic carbocycles. The number of ether oxygens (including phenoxy) is 5. The van der Waals surface area contributed by atoms with Crippen LogP contribution >= 0.6 is 0 Å². The smallest absolute Gasteiger partial charge is 0.335 e. The van der Waals surface area contributed by atoms with Crippen LogP contribution in [-0.4, -0.2) is 89.2 Å². The molecule has 1 saturated heterocycles. The van der Waals surface area contributed by atoms with Gasteiger partial charge in [-0.25, -0.2) is 4.79 Å². The van der Waals surface area contributed by atoms with E-state index in [1.54, 1.807) is 0 Å². The number of aliphatic hydroxyl groups excluding tert-OH is 2. The van der Waals surface area contributed by atoms with Crippen LogP contribution in [0.15, 0.2) is 12.2 Å². The summed E-state index contributed by atoms with van der Waals surface area (Å²) in [6.07, 6.45) is 37.9. The molecule has 0 radical (unpaired) electrons. The van der Waals surface area contributed by atoms with Crippen molar-refractivity contribution in [3.8, 4) is 0 Å². The third-order valence-corrected chi connectivity index (χ3v) is 13.3. The van der Waals surface area contributed by atoms with Crippen molar-refractivity contribution >= 4 is 23.9 Å². The molecular formula is C57H104O12. The minimum absolute atomic E-state index is 0.0554. The van der Waals surface area contributed by atoms with Crippen LogP contribution in [0, 0.1) is 0 Å². The van der Waals surface area contributed by atoms with E-state index in [1.807, 2.05) is 0 Å². The molecule has 0 saturated carbocycles. The van der Waals surface area contributed by atoms with Crippen LogP contribution < -0.4 is 0 Å². The minimum atomic E-state index is -1.90. The largest absolute Gasteiger partial charge is 0.479 e. The van der Waals surface area contributed by atoms with Crippen molar-refractivity contribution in [2.45, 2.75) is 314 Å². The topological polar surface area (TPSA) is 175 Å². The molecule has 0 aromatic rings. The van der Waals surface area contributed by atoms with Gasteiger partial charge in [0, 0.05) is 19.3 Å². The molecule has 12 nitrogen and oxygen atoms in total. The fraction of sp³-hybridized carbons (Fsp3) is 0.895. The second-order valence-electron chi connectivity index (χ2n) is 19.9. The third kappa shape index (κ3) is 37.0. The summed E-state index contributed by atoms with van der Waals surface area (Å²) in [5.41, 5.74) is 0. The van der Waals surface area contributed by atoms with Gasteiger partial charge in [0.05, 0.1) is 6.61 Å². The number of carbonyl (C=O) groups excluding carboxylic acids is 3. The number of aliphatic carboxylic acids is 1. The van der Waals surface area contributed by atoms with Gasteiger partial charge in [0.15, 0.2) is 24.6 Å². The van der Waals surface area contributed by atoms with Gasteiger partial charge >= 0.3 is 23.9 Å². The molecule has 1 aliphatic rings. The first kappa shape index (κ1) is 64.5. The Hall–Kier alpha value is -2.54. The van der Waals surface area contributed by atoms with Crippen molar-refractivity contribution in [3.05, 3.63) is 12.2 Å². The molecule has 1 fully saturated rings. The standard InChI is InChI=1S/C57H104O12/c1-4-7-10-13-16-19-21-22-23-24-25-26-27-28-30-32-34-37-40-43-49(58)65-46-48(67-50(59)44-41-38-35-31-18-15-12-9-6-3)47-66-57-55(53(62)52(61)54(69-57)56(63)64)68-51(60)45-42-39-36-33-29-20-17-14-11-8-5-2/h14,17,48,52-55,57,61-62H,4-13,15-16,18-47H2,1-3H3,(H,63,64)/b17-14-. The number of hydrogen-bond donors (Lipinski definition) is 3. The molecule has 6 unspecified atom stereocenters. The molecule has 0 aromatic carbocycles. The maximum absolute atomic E-state index is 13.0. The first-order valence-electron chi connectivity index (χ1n) is 28.7. The van der Waals surface area contributed by atoms with Gasteiger partial charge in [0.25, 0.3) is 0 Å². The van der Waals surface area contributed by atoms with E-state index in [0.29, 0.717) is 19.3 Å².